The predicted molar refractivity (Wildman–Crippen MR) is 46.7 cm³/mol. The normalized spacial score (nSPS) is 49.8. The van der Waals surface area contributed by atoms with Gasteiger partial charge in [0.15, 0.2) is 5.78 Å². The molecular weight excluding hydrogens is 148 g/mol. The molecular formula is C11H14O. The first-order valence-electron chi connectivity index (χ1n) is 5.03. The topological polar surface area (TPSA) is 17.1 Å². The highest BCUT2D eigenvalue weighted by Gasteiger charge is 2.61. The summed E-state index contributed by atoms with van der Waals surface area (Å²) < 4.78 is 0. The average molecular weight is 162 g/mol. The van der Waals surface area contributed by atoms with E-state index in [9.17, 15) is 4.79 Å². The third kappa shape index (κ3) is 0.502. The number of hydrogen-bond acceptors (Lipinski definition) is 1. The summed E-state index contributed by atoms with van der Waals surface area (Å²) in [5, 5.41) is 0. The van der Waals surface area contributed by atoms with Crippen LogP contribution in [-0.4, -0.2) is 5.78 Å². The lowest BCUT2D eigenvalue weighted by atomic mass is 9.70. The highest BCUT2D eigenvalue weighted by Crippen LogP contribution is 2.66. The molecule has 0 unspecified atom stereocenters. The Morgan fingerprint density at radius 2 is 1.75 bits per heavy atom. The molecule has 3 aliphatic carbocycles. The number of rotatable bonds is 0. The van der Waals surface area contributed by atoms with Crippen molar-refractivity contribution in [2.75, 3.05) is 0 Å². The van der Waals surface area contributed by atoms with Crippen LogP contribution in [0.3, 0.4) is 0 Å². The largest absolute Gasteiger partial charge is 0.294 e. The maximum atomic E-state index is 11.8. The van der Waals surface area contributed by atoms with Gasteiger partial charge in [0, 0.05) is 10.8 Å². The number of carbonyl (C=O) groups is 1. The molecule has 2 saturated carbocycles. The van der Waals surface area contributed by atoms with Crippen LogP contribution in [0.25, 0.3) is 0 Å². The monoisotopic (exact) mass is 162 g/mol. The molecule has 0 radical (unpaired) electrons. The van der Waals surface area contributed by atoms with Crippen LogP contribution in [0.2, 0.25) is 0 Å². The van der Waals surface area contributed by atoms with Crippen LogP contribution in [-0.2, 0) is 4.79 Å². The second-order valence-corrected chi connectivity index (χ2v) is 4.64. The zero-order chi connectivity index (χ0) is 8.23. The summed E-state index contributed by atoms with van der Waals surface area (Å²) in [6.07, 6.45) is 11.5. The van der Waals surface area contributed by atoms with Crippen molar-refractivity contribution in [3.63, 3.8) is 0 Å². The molecule has 1 nitrogen and oxygen atoms in total. The minimum absolute atomic E-state index is 0.104. The fourth-order valence-corrected chi connectivity index (χ4v) is 3.85. The SMILES string of the molecule is O=C1C=CC23CCCC12CCC3. The van der Waals surface area contributed by atoms with Crippen molar-refractivity contribution in [1.29, 1.82) is 0 Å². The second-order valence-electron chi connectivity index (χ2n) is 4.64. The summed E-state index contributed by atoms with van der Waals surface area (Å²) >= 11 is 0. The van der Waals surface area contributed by atoms with Gasteiger partial charge in [-0.1, -0.05) is 18.9 Å². The van der Waals surface area contributed by atoms with E-state index in [1.807, 2.05) is 6.08 Å². The summed E-state index contributed by atoms with van der Waals surface area (Å²) in [6.45, 7) is 0. The van der Waals surface area contributed by atoms with Gasteiger partial charge in [0.25, 0.3) is 0 Å². The number of carbonyl (C=O) groups excluding carboxylic acids is 1. The van der Waals surface area contributed by atoms with Crippen LogP contribution in [0.5, 0.6) is 0 Å². The van der Waals surface area contributed by atoms with Crippen LogP contribution >= 0.6 is 0 Å². The van der Waals surface area contributed by atoms with E-state index in [0.717, 1.165) is 0 Å². The minimum Gasteiger partial charge on any atom is -0.294 e. The summed E-state index contributed by atoms with van der Waals surface area (Å²) in [5.74, 6) is 0.442. The van der Waals surface area contributed by atoms with Gasteiger partial charge in [-0.2, -0.15) is 0 Å². The second kappa shape index (κ2) is 1.84. The maximum Gasteiger partial charge on any atom is 0.162 e. The van der Waals surface area contributed by atoms with E-state index in [2.05, 4.69) is 6.08 Å². The summed E-state index contributed by atoms with van der Waals surface area (Å²) in [6, 6.07) is 0. The summed E-state index contributed by atoms with van der Waals surface area (Å²) in [4.78, 5) is 11.8. The van der Waals surface area contributed by atoms with Crippen LogP contribution in [0.4, 0.5) is 0 Å². The van der Waals surface area contributed by atoms with Crippen molar-refractivity contribution in [3.8, 4) is 0 Å². The third-order valence-corrected chi connectivity index (χ3v) is 4.43. The van der Waals surface area contributed by atoms with Crippen LogP contribution in [0.15, 0.2) is 12.2 Å². The van der Waals surface area contributed by atoms with E-state index < -0.39 is 0 Å². The molecule has 0 atom stereocenters. The van der Waals surface area contributed by atoms with E-state index in [1.54, 1.807) is 0 Å². The first-order chi connectivity index (χ1) is 5.79. The molecule has 0 N–H and O–H groups in total. The van der Waals surface area contributed by atoms with Gasteiger partial charge in [-0.25, -0.2) is 0 Å². The molecule has 0 bridgehead atoms. The Balaban J connectivity index is 2.18. The van der Waals surface area contributed by atoms with E-state index in [-0.39, 0.29) is 5.41 Å². The third-order valence-electron chi connectivity index (χ3n) is 4.43. The molecule has 3 rings (SSSR count). The summed E-state index contributed by atoms with van der Waals surface area (Å²) in [7, 11) is 0. The van der Waals surface area contributed by atoms with Gasteiger partial charge >= 0.3 is 0 Å². The molecule has 0 saturated heterocycles. The molecule has 0 amide bonds. The van der Waals surface area contributed by atoms with Crippen molar-refractivity contribution in [1.82, 2.24) is 0 Å². The highest BCUT2D eigenvalue weighted by molar-refractivity contribution is 5.99. The van der Waals surface area contributed by atoms with E-state index in [0.29, 0.717) is 11.2 Å². The predicted octanol–water partition coefficient (Wildman–Crippen LogP) is 2.47. The molecule has 0 aromatic heterocycles. The van der Waals surface area contributed by atoms with Crippen LogP contribution in [0, 0.1) is 10.8 Å². The van der Waals surface area contributed by atoms with Gasteiger partial charge in [-0.15, -0.1) is 0 Å². The van der Waals surface area contributed by atoms with Crippen molar-refractivity contribution in [3.05, 3.63) is 12.2 Å². The Bertz CT molecular complexity index is 265. The quantitative estimate of drug-likeness (QED) is 0.534. The minimum atomic E-state index is 0.104. The Hall–Kier alpha value is -0.590. The van der Waals surface area contributed by atoms with Crippen LogP contribution < -0.4 is 0 Å². The molecule has 0 heterocycles. The number of ketones is 1. The van der Waals surface area contributed by atoms with Crippen molar-refractivity contribution < 1.29 is 4.79 Å². The van der Waals surface area contributed by atoms with E-state index in [1.165, 1.54) is 38.5 Å². The lowest BCUT2D eigenvalue weighted by Crippen LogP contribution is -2.32. The van der Waals surface area contributed by atoms with Gasteiger partial charge < -0.3 is 0 Å². The molecule has 0 aliphatic heterocycles. The zero-order valence-electron chi connectivity index (χ0n) is 7.31. The molecule has 3 aliphatic rings. The van der Waals surface area contributed by atoms with Gasteiger partial charge in [-0.3, -0.25) is 4.79 Å². The summed E-state index contributed by atoms with van der Waals surface area (Å²) in [5.41, 5.74) is 0.442. The number of hydrogen-bond donors (Lipinski definition) is 0. The Kier molecular flexibility index (Phi) is 1.05. The Labute approximate surface area is 72.8 Å². The van der Waals surface area contributed by atoms with Crippen molar-refractivity contribution in [2.45, 2.75) is 38.5 Å². The molecule has 1 heteroatoms. The molecule has 64 valence electrons. The molecule has 0 spiro atoms. The van der Waals surface area contributed by atoms with E-state index in [4.69, 9.17) is 0 Å². The standard InChI is InChI=1S/C11H14O/c12-9-3-8-10-4-1-6-11(9,10)7-2-5-10/h3,8H,1-2,4-7H2. The lowest BCUT2D eigenvalue weighted by Gasteiger charge is -2.31. The average Bonchev–Trinajstić information content (AvgIpc) is 2.58. The van der Waals surface area contributed by atoms with Crippen molar-refractivity contribution >= 4 is 5.78 Å². The van der Waals surface area contributed by atoms with Gasteiger partial charge in [0.1, 0.15) is 0 Å². The smallest absolute Gasteiger partial charge is 0.162 e. The first kappa shape index (κ1) is 6.88. The van der Waals surface area contributed by atoms with Crippen LogP contribution in [0.1, 0.15) is 38.5 Å². The fourth-order valence-electron chi connectivity index (χ4n) is 3.85. The maximum absolute atomic E-state index is 11.8. The first-order valence-corrected chi connectivity index (χ1v) is 5.03. The molecule has 12 heavy (non-hydrogen) atoms. The van der Waals surface area contributed by atoms with E-state index >= 15 is 0 Å². The Morgan fingerprint density at radius 3 is 2.33 bits per heavy atom. The zero-order valence-corrected chi connectivity index (χ0v) is 7.31. The lowest BCUT2D eigenvalue weighted by molar-refractivity contribution is -0.125. The molecule has 0 aromatic carbocycles. The fraction of sp³-hybridized carbons (Fsp3) is 0.727. The van der Waals surface area contributed by atoms with Gasteiger partial charge in [0.2, 0.25) is 0 Å². The van der Waals surface area contributed by atoms with Gasteiger partial charge in [0.05, 0.1) is 0 Å². The molecule has 2 fully saturated rings. The Morgan fingerprint density at radius 1 is 1.08 bits per heavy atom. The highest BCUT2D eigenvalue weighted by atomic mass is 16.1. The molecule has 0 aromatic rings. The van der Waals surface area contributed by atoms with Crippen molar-refractivity contribution in [2.24, 2.45) is 10.8 Å². The van der Waals surface area contributed by atoms with Gasteiger partial charge in [-0.05, 0) is 31.8 Å². The number of allylic oxidation sites excluding steroid dienone is 2.